The third-order valence-corrected chi connectivity index (χ3v) is 2.15. The predicted octanol–water partition coefficient (Wildman–Crippen LogP) is 2.77. The Morgan fingerprint density at radius 3 is 2.53 bits per heavy atom. The predicted molar refractivity (Wildman–Crippen MR) is 65.8 cm³/mol. The van der Waals surface area contributed by atoms with Crippen molar-refractivity contribution < 1.29 is 14.3 Å². The van der Waals surface area contributed by atoms with Crippen LogP contribution in [0.1, 0.15) is 30.1 Å². The summed E-state index contributed by atoms with van der Waals surface area (Å²) in [5.74, 6) is -1.41. The zero-order chi connectivity index (χ0) is 12.5. The number of unbranched alkanes of at least 4 members (excludes halogenated alkanes) is 1. The second-order valence-electron chi connectivity index (χ2n) is 3.55. The van der Waals surface area contributed by atoms with Crippen LogP contribution in [0.2, 0.25) is 0 Å². The summed E-state index contributed by atoms with van der Waals surface area (Å²) >= 11 is 0. The summed E-state index contributed by atoms with van der Waals surface area (Å²) in [7, 11) is 0. The molecule has 0 aromatic heterocycles. The fraction of sp³-hybridized carbons (Fsp3) is 0.286. The molecule has 0 aliphatic carbocycles. The standard InChI is InChI=1S/C14H16O3/c1-2-3-4-8-11-17-14(16)13(15)12-9-6-5-7-10-12/h4-10H,2-3,11H2,1H3. The van der Waals surface area contributed by atoms with E-state index < -0.39 is 11.8 Å². The smallest absolute Gasteiger partial charge is 0.379 e. The molecule has 0 amide bonds. The minimum atomic E-state index is -0.808. The molecule has 0 unspecified atom stereocenters. The summed E-state index contributed by atoms with van der Waals surface area (Å²) in [6, 6.07) is 8.39. The van der Waals surface area contributed by atoms with Gasteiger partial charge in [0.15, 0.2) is 0 Å². The Labute approximate surface area is 101 Å². The number of hydrogen-bond acceptors (Lipinski definition) is 3. The quantitative estimate of drug-likeness (QED) is 0.328. The van der Waals surface area contributed by atoms with Crippen LogP contribution in [0.25, 0.3) is 0 Å². The summed E-state index contributed by atoms with van der Waals surface area (Å²) in [4.78, 5) is 22.9. The van der Waals surface area contributed by atoms with Gasteiger partial charge in [0.2, 0.25) is 0 Å². The molecule has 0 spiro atoms. The first-order valence-corrected chi connectivity index (χ1v) is 5.67. The summed E-state index contributed by atoms with van der Waals surface area (Å²) in [5.41, 5.74) is 0.357. The summed E-state index contributed by atoms with van der Waals surface area (Å²) in [6.07, 6.45) is 5.68. The van der Waals surface area contributed by atoms with Gasteiger partial charge in [-0.3, -0.25) is 4.79 Å². The van der Waals surface area contributed by atoms with Crippen LogP contribution in [0.5, 0.6) is 0 Å². The van der Waals surface area contributed by atoms with Crippen LogP contribution in [0, 0.1) is 0 Å². The second-order valence-corrected chi connectivity index (χ2v) is 3.55. The SMILES string of the molecule is CCCC=CCOC(=O)C(=O)c1ccccc1. The largest absolute Gasteiger partial charge is 0.455 e. The van der Waals surface area contributed by atoms with E-state index in [1.165, 1.54) is 0 Å². The van der Waals surface area contributed by atoms with Crippen molar-refractivity contribution in [1.29, 1.82) is 0 Å². The second kappa shape index (κ2) is 7.39. The van der Waals surface area contributed by atoms with Gasteiger partial charge in [0.25, 0.3) is 5.78 Å². The molecule has 0 fully saturated rings. The minimum absolute atomic E-state index is 0.150. The average Bonchev–Trinajstić information content (AvgIpc) is 2.38. The lowest BCUT2D eigenvalue weighted by Gasteiger charge is -2.00. The van der Waals surface area contributed by atoms with Crippen molar-refractivity contribution in [3.8, 4) is 0 Å². The number of hydrogen-bond donors (Lipinski definition) is 0. The Bertz CT molecular complexity index is 393. The van der Waals surface area contributed by atoms with Crippen LogP contribution in [0.4, 0.5) is 0 Å². The molecule has 3 heteroatoms. The lowest BCUT2D eigenvalue weighted by atomic mass is 10.1. The van der Waals surface area contributed by atoms with Crippen LogP contribution < -0.4 is 0 Å². The highest BCUT2D eigenvalue weighted by molar-refractivity contribution is 6.40. The van der Waals surface area contributed by atoms with Crippen molar-refractivity contribution >= 4 is 11.8 Å². The van der Waals surface area contributed by atoms with Crippen LogP contribution in [0.15, 0.2) is 42.5 Å². The van der Waals surface area contributed by atoms with Gasteiger partial charge in [-0.15, -0.1) is 0 Å². The third-order valence-electron chi connectivity index (χ3n) is 2.15. The van der Waals surface area contributed by atoms with Gasteiger partial charge in [0.1, 0.15) is 6.61 Å². The first-order valence-electron chi connectivity index (χ1n) is 5.67. The Kier molecular flexibility index (Phi) is 5.72. The molecule has 1 aromatic rings. The lowest BCUT2D eigenvalue weighted by molar-refractivity contribution is -0.136. The number of allylic oxidation sites excluding steroid dienone is 1. The van der Waals surface area contributed by atoms with E-state index in [1.54, 1.807) is 36.4 Å². The van der Waals surface area contributed by atoms with Crippen molar-refractivity contribution in [3.05, 3.63) is 48.0 Å². The van der Waals surface area contributed by atoms with Crippen molar-refractivity contribution in [3.63, 3.8) is 0 Å². The van der Waals surface area contributed by atoms with E-state index in [1.807, 2.05) is 6.08 Å². The van der Waals surface area contributed by atoms with Crippen molar-refractivity contribution in [2.45, 2.75) is 19.8 Å². The van der Waals surface area contributed by atoms with Gasteiger partial charge in [0.05, 0.1) is 0 Å². The van der Waals surface area contributed by atoms with Gasteiger partial charge in [-0.25, -0.2) is 4.79 Å². The number of rotatable bonds is 6. The first-order chi connectivity index (χ1) is 8.25. The molecule has 17 heavy (non-hydrogen) atoms. The van der Waals surface area contributed by atoms with Crippen LogP contribution in [-0.4, -0.2) is 18.4 Å². The highest BCUT2D eigenvalue weighted by Crippen LogP contribution is 2.01. The number of carbonyl (C=O) groups is 2. The molecule has 0 saturated heterocycles. The maximum atomic E-state index is 11.6. The molecule has 0 atom stereocenters. The fourth-order valence-electron chi connectivity index (χ4n) is 1.25. The summed E-state index contributed by atoms with van der Waals surface area (Å²) in [5, 5.41) is 0. The molecule has 0 saturated carbocycles. The number of esters is 1. The molecule has 90 valence electrons. The molecule has 0 radical (unpaired) electrons. The number of ketones is 1. The van der Waals surface area contributed by atoms with E-state index in [2.05, 4.69) is 6.92 Å². The Morgan fingerprint density at radius 2 is 1.88 bits per heavy atom. The monoisotopic (exact) mass is 232 g/mol. The fourth-order valence-corrected chi connectivity index (χ4v) is 1.25. The molecule has 1 aromatic carbocycles. The molecule has 0 aliphatic heterocycles. The highest BCUT2D eigenvalue weighted by atomic mass is 16.5. The lowest BCUT2D eigenvalue weighted by Crippen LogP contribution is -2.17. The van der Waals surface area contributed by atoms with Crippen molar-refractivity contribution in [1.82, 2.24) is 0 Å². The molecule has 1 rings (SSSR count). The molecular formula is C14H16O3. The van der Waals surface area contributed by atoms with Gasteiger partial charge >= 0.3 is 5.97 Å². The van der Waals surface area contributed by atoms with E-state index in [-0.39, 0.29) is 6.61 Å². The maximum absolute atomic E-state index is 11.6. The van der Waals surface area contributed by atoms with Gasteiger partial charge in [0, 0.05) is 5.56 Å². The van der Waals surface area contributed by atoms with E-state index in [4.69, 9.17) is 4.74 Å². The zero-order valence-corrected chi connectivity index (χ0v) is 9.89. The Balaban J connectivity index is 2.41. The van der Waals surface area contributed by atoms with Gasteiger partial charge in [-0.2, -0.15) is 0 Å². The summed E-state index contributed by atoms with van der Waals surface area (Å²) < 4.78 is 4.83. The maximum Gasteiger partial charge on any atom is 0.379 e. The van der Waals surface area contributed by atoms with E-state index in [9.17, 15) is 9.59 Å². The van der Waals surface area contributed by atoms with Crippen LogP contribution in [-0.2, 0) is 9.53 Å². The molecule has 3 nitrogen and oxygen atoms in total. The van der Waals surface area contributed by atoms with Crippen molar-refractivity contribution in [2.24, 2.45) is 0 Å². The molecule has 0 N–H and O–H groups in total. The van der Waals surface area contributed by atoms with Gasteiger partial charge in [-0.05, 0) is 6.42 Å². The first kappa shape index (κ1) is 13.2. The van der Waals surface area contributed by atoms with E-state index >= 15 is 0 Å². The van der Waals surface area contributed by atoms with Crippen molar-refractivity contribution in [2.75, 3.05) is 6.61 Å². The van der Waals surface area contributed by atoms with Crippen LogP contribution in [0.3, 0.4) is 0 Å². The van der Waals surface area contributed by atoms with Crippen LogP contribution >= 0.6 is 0 Å². The Hall–Kier alpha value is -1.90. The molecule has 0 bridgehead atoms. The number of Topliss-reactive ketones (excluding diaryl/α,β-unsaturated/α-hetero) is 1. The van der Waals surface area contributed by atoms with E-state index in [0.29, 0.717) is 5.56 Å². The minimum Gasteiger partial charge on any atom is -0.455 e. The number of carbonyl (C=O) groups excluding carboxylic acids is 2. The summed E-state index contributed by atoms with van der Waals surface area (Å²) in [6.45, 7) is 2.21. The van der Waals surface area contributed by atoms with Gasteiger partial charge in [-0.1, -0.05) is 55.8 Å². The van der Waals surface area contributed by atoms with Gasteiger partial charge < -0.3 is 4.74 Å². The molecular weight excluding hydrogens is 216 g/mol. The molecule has 0 heterocycles. The highest BCUT2D eigenvalue weighted by Gasteiger charge is 2.16. The topological polar surface area (TPSA) is 43.4 Å². The number of ether oxygens (including phenoxy) is 1. The number of benzene rings is 1. The normalized spacial score (nSPS) is 10.4. The Morgan fingerprint density at radius 1 is 1.18 bits per heavy atom. The zero-order valence-electron chi connectivity index (χ0n) is 9.89. The van der Waals surface area contributed by atoms with E-state index in [0.717, 1.165) is 12.8 Å². The molecule has 0 aliphatic rings. The third kappa shape index (κ3) is 4.64. The average molecular weight is 232 g/mol.